The summed E-state index contributed by atoms with van der Waals surface area (Å²) in [6.45, 7) is 0. The predicted octanol–water partition coefficient (Wildman–Crippen LogP) is 7.44. The third-order valence-corrected chi connectivity index (χ3v) is 25.4. The quantitative estimate of drug-likeness (QED) is 0.204. The van der Waals surface area contributed by atoms with Crippen LogP contribution < -0.4 is 0 Å². The van der Waals surface area contributed by atoms with E-state index in [1.165, 1.54) is 1.93 Å². The van der Waals surface area contributed by atoms with Crippen LogP contribution in [0, 0.1) is 1.93 Å². The summed E-state index contributed by atoms with van der Waals surface area (Å²) in [5.41, 5.74) is 0. The molecule has 0 spiro atoms. The first kappa shape index (κ1) is 19.6. The van der Waals surface area contributed by atoms with Gasteiger partial charge in [0.2, 0.25) is 0 Å². The van der Waals surface area contributed by atoms with Gasteiger partial charge in [0, 0.05) is 0 Å². The molecule has 0 nitrogen and oxygen atoms in total. The van der Waals surface area contributed by atoms with E-state index in [9.17, 15) is 0 Å². The van der Waals surface area contributed by atoms with E-state index >= 15 is 0 Å². The van der Waals surface area contributed by atoms with E-state index in [1.54, 1.807) is 0 Å². The molecule has 0 fully saturated rings. The van der Waals surface area contributed by atoms with E-state index in [0.717, 1.165) is 0 Å². The average Bonchev–Trinajstić information content (AvgIpc) is 1.84. The number of rotatable bonds is 3. The SMILES string of the molecule is I[C](I)C(I)(I)C(I)(I)C(I)(I)I. The highest BCUT2D eigenvalue weighted by molar-refractivity contribution is 14.3. The maximum atomic E-state index is 2.56. The van der Waals surface area contributed by atoms with Crippen LogP contribution in [0.4, 0.5) is 0 Å². The van der Waals surface area contributed by atoms with Gasteiger partial charge in [0.05, 0.1) is 0 Å². The Morgan fingerprint density at radius 1 is 0.692 bits per heavy atom. The molecule has 0 rings (SSSR count). The first-order chi connectivity index (χ1) is 5.44. The van der Waals surface area contributed by atoms with Crippen LogP contribution in [-0.2, 0) is 0 Å². The van der Waals surface area contributed by atoms with Crippen molar-refractivity contribution in [3.63, 3.8) is 0 Å². The molecule has 0 aromatic heterocycles. The standard InChI is InChI=1S/C4I9/c5-1(6)2(7,8)3(9,10)4(11,12)13. The molecule has 9 heteroatoms. The Balaban J connectivity index is 5.04. The van der Waals surface area contributed by atoms with Crippen molar-refractivity contribution in [2.75, 3.05) is 0 Å². The Labute approximate surface area is 201 Å². The summed E-state index contributed by atoms with van der Waals surface area (Å²) in [5.74, 6) is 0. The lowest BCUT2D eigenvalue weighted by Crippen LogP contribution is -2.44. The van der Waals surface area contributed by atoms with Crippen LogP contribution >= 0.6 is 203 Å². The largest absolute Gasteiger partial charge is 0.149 e. The normalized spacial score (nSPS) is 15.2. The lowest BCUT2D eigenvalue weighted by Gasteiger charge is -2.41. The molecule has 1 radical (unpaired) electrons. The molecule has 0 aliphatic heterocycles. The van der Waals surface area contributed by atoms with Crippen LogP contribution in [0.25, 0.3) is 0 Å². The second-order valence-corrected chi connectivity index (χ2v) is 27.8. The minimum atomic E-state index is 0.161. The highest BCUT2D eigenvalue weighted by Gasteiger charge is 2.58. The molecular weight excluding hydrogens is 1190 g/mol. The molecule has 13 heavy (non-hydrogen) atoms. The lowest BCUT2D eigenvalue weighted by molar-refractivity contribution is 1.00. The fourth-order valence-corrected chi connectivity index (χ4v) is 8.83. The van der Waals surface area contributed by atoms with Gasteiger partial charge in [-0.1, -0.05) is 203 Å². The van der Waals surface area contributed by atoms with Gasteiger partial charge in [0.15, 0.2) is 0 Å². The van der Waals surface area contributed by atoms with Gasteiger partial charge in [-0.3, -0.25) is 0 Å². The van der Waals surface area contributed by atoms with Crippen molar-refractivity contribution in [2.45, 2.75) is 2.29 Å². The van der Waals surface area contributed by atoms with Crippen LogP contribution in [0.3, 0.4) is 0 Å². The summed E-state index contributed by atoms with van der Waals surface area (Å²) in [5, 5.41) is 0. The smallest absolute Gasteiger partial charge is 0.0623 e. The third kappa shape index (κ3) is 5.46. The molecule has 0 aliphatic rings. The van der Waals surface area contributed by atoms with Gasteiger partial charge in [-0.05, 0) is 0 Å². The number of hydrogen-bond acceptors (Lipinski definition) is 0. The molecule has 0 atom stereocenters. The summed E-state index contributed by atoms with van der Waals surface area (Å²) in [6.07, 6.45) is 0. The van der Waals surface area contributed by atoms with Crippen LogP contribution in [-0.4, -0.2) is 2.29 Å². The Morgan fingerprint density at radius 2 is 1.00 bits per heavy atom. The zero-order valence-electron chi connectivity index (χ0n) is 5.40. The van der Waals surface area contributed by atoms with Crippen molar-refractivity contribution in [1.29, 1.82) is 0 Å². The van der Waals surface area contributed by atoms with Gasteiger partial charge in [-0.2, -0.15) is 0 Å². The highest BCUT2D eigenvalue weighted by atomic mass is 127. The summed E-state index contributed by atoms with van der Waals surface area (Å²) in [7, 11) is 0. The average molecular weight is 1190 g/mol. The molecule has 0 aliphatic carbocycles. The van der Waals surface area contributed by atoms with Gasteiger partial charge >= 0.3 is 0 Å². The number of hydrogen-bond donors (Lipinski definition) is 0. The van der Waals surface area contributed by atoms with E-state index in [4.69, 9.17) is 0 Å². The number of halogens is 9. The van der Waals surface area contributed by atoms with Crippen molar-refractivity contribution < 1.29 is 0 Å². The van der Waals surface area contributed by atoms with Crippen LogP contribution in [0.15, 0.2) is 0 Å². The topological polar surface area (TPSA) is 0 Å². The van der Waals surface area contributed by atoms with Gasteiger partial charge in [-0.15, -0.1) is 0 Å². The highest BCUT2D eigenvalue weighted by Crippen LogP contribution is 2.68. The molecule has 79 valence electrons. The van der Waals surface area contributed by atoms with Crippen molar-refractivity contribution in [3.8, 4) is 0 Å². The summed E-state index contributed by atoms with van der Waals surface area (Å²) < 4.78 is 1.94. The molecule has 0 N–H and O–H groups in total. The molecule has 0 aromatic carbocycles. The monoisotopic (exact) mass is 1190 g/mol. The maximum absolute atomic E-state index is 2.56. The molecule has 0 bridgehead atoms. The van der Waals surface area contributed by atoms with Crippen molar-refractivity contribution in [2.24, 2.45) is 0 Å². The summed E-state index contributed by atoms with van der Waals surface area (Å²) in [6, 6.07) is 0. The van der Waals surface area contributed by atoms with Gasteiger partial charge in [-0.25, -0.2) is 0 Å². The van der Waals surface area contributed by atoms with Crippen LogP contribution in [0.2, 0.25) is 0 Å². The van der Waals surface area contributed by atoms with E-state index in [1.807, 2.05) is 0 Å². The van der Waals surface area contributed by atoms with E-state index in [0.29, 0.717) is 0 Å². The number of alkyl halides is 7. The Hall–Kier alpha value is 6.57. The second-order valence-electron chi connectivity index (χ2n) is 1.91. The second kappa shape index (κ2) is 7.54. The van der Waals surface area contributed by atoms with Crippen molar-refractivity contribution in [3.05, 3.63) is 1.93 Å². The fourth-order valence-electron chi connectivity index (χ4n) is 0.297. The maximum Gasteiger partial charge on any atom is 0.149 e. The predicted molar refractivity (Wildman–Crippen MR) is 138 cm³/mol. The van der Waals surface area contributed by atoms with E-state index < -0.39 is 0 Å². The lowest BCUT2D eigenvalue weighted by atomic mass is 10.4. The summed E-state index contributed by atoms with van der Waals surface area (Å²) in [4.78, 5) is 0. The molecule has 0 aromatic rings. The molecule has 0 unspecified atom stereocenters. The van der Waals surface area contributed by atoms with Crippen LogP contribution in [0.5, 0.6) is 0 Å². The summed E-state index contributed by atoms with van der Waals surface area (Å²) >= 11 is 22.6. The molecule has 0 saturated heterocycles. The van der Waals surface area contributed by atoms with Crippen molar-refractivity contribution in [1.82, 2.24) is 0 Å². The molecule has 0 heterocycles. The molecule has 0 saturated carbocycles. The Bertz CT molecular complexity index is 177. The Morgan fingerprint density at radius 3 is 1.08 bits per heavy atom. The van der Waals surface area contributed by atoms with Gasteiger partial charge in [0.25, 0.3) is 0 Å². The molecular formula is C4I9. The van der Waals surface area contributed by atoms with Crippen LogP contribution in [0.1, 0.15) is 0 Å². The molecule has 0 amide bonds. The van der Waals surface area contributed by atoms with E-state index in [-0.39, 0.29) is 2.29 Å². The first-order valence-electron chi connectivity index (χ1n) is 2.45. The Kier molecular flexibility index (Phi) is 11.4. The van der Waals surface area contributed by atoms with Gasteiger partial charge in [0.1, 0.15) is 4.22 Å². The first-order valence-corrected chi connectivity index (χ1v) is 12.2. The minimum Gasteiger partial charge on any atom is -0.0623 e. The third-order valence-electron chi connectivity index (χ3n) is 0.988. The minimum absolute atomic E-state index is 0.161. The zero-order chi connectivity index (χ0) is 11.1. The van der Waals surface area contributed by atoms with Gasteiger partial charge < -0.3 is 0 Å². The van der Waals surface area contributed by atoms with Crippen molar-refractivity contribution >= 4 is 203 Å². The van der Waals surface area contributed by atoms with E-state index in [2.05, 4.69) is 203 Å². The fraction of sp³-hybridized carbons (Fsp3) is 0.750. The zero-order valence-corrected chi connectivity index (χ0v) is 24.8.